The number of carbonyl (C=O) groups is 1. The second-order valence-corrected chi connectivity index (χ2v) is 5.92. The minimum Gasteiger partial charge on any atom is -0.481 e. The zero-order valence-electron chi connectivity index (χ0n) is 11.0. The van der Waals surface area contributed by atoms with Crippen LogP contribution in [0.3, 0.4) is 0 Å². The molecule has 1 aliphatic heterocycles. The van der Waals surface area contributed by atoms with Crippen molar-refractivity contribution < 1.29 is 14.4 Å². The summed E-state index contributed by atoms with van der Waals surface area (Å²) < 4.78 is 5.22. The van der Waals surface area contributed by atoms with Crippen LogP contribution in [-0.4, -0.2) is 39.2 Å². The van der Waals surface area contributed by atoms with Gasteiger partial charge in [-0.15, -0.1) is 0 Å². The third kappa shape index (κ3) is 2.59. The smallest absolute Gasteiger partial charge is 0.308 e. The Morgan fingerprint density at radius 2 is 2.45 bits per heavy atom. The van der Waals surface area contributed by atoms with Gasteiger partial charge in [0.25, 0.3) is 5.89 Å². The van der Waals surface area contributed by atoms with Gasteiger partial charge in [-0.25, -0.2) is 0 Å². The first-order valence-corrected chi connectivity index (χ1v) is 7.38. The van der Waals surface area contributed by atoms with Crippen molar-refractivity contribution in [2.75, 3.05) is 13.1 Å². The van der Waals surface area contributed by atoms with Crippen LogP contribution in [0.25, 0.3) is 11.5 Å². The Bertz CT molecular complexity index is 596. The third-order valence-corrected chi connectivity index (χ3v) is 4.29. The van der Waals surface area contributed by atoms with Crippen LogP contribution in [0.15, 0.2) is 21.3 Å². The first-order valence-electron chi connectivity index (χ1n) is 6.44. The Kier molecular flexibility index (Phi) is 3.54. The van der Waals surface area contributed by atoms with E-state index in [0.717, 1.165) is 12.1 Å². The number of rotatable bonds is 4. The molecule has 2 atom stereocenters. The normalized spacial score (nSPS) is 23.2. The summed E-state index contributed by atoms with van der Waals surface area (Å²) in [5, 5.41) is 17.0. The number of hydrogen-bond acceptors (Lipinski definition) is 6. The van der Waals surface area contributed by atoms with Crippen LogP contribution in [-0.2, 0) is 11.3 Å². The van der Waals surface area contributed by atoms with Crippen LogP contribution in [0, 0.1) is 11.8 Å². The van der Waals surface area contributed by atoms with Gasteiger partial charge in [0.05, 0.1) is 18.0 Å². The summed E-state index contributed by atoms with van der Waals surface area (Å²) in [7, 11) is 0. The summed E-state index contributed by atoms with van der Waals surface area (Å²) in [4.78, 5) is 17.5. The maximum absolute atomic E-state index is 11.1. The Hall–Kier alpha value is -1.73. The molecule has 0 radical (unpaired) electrons. The molecule has 3 rings (SSSR count). The van der Waals surface area contributed by atoms with Gasteiger partial charge in [-0.05, 0) is 17.4 Å². The number of hydrogen-bond donors (Lipinski definition) is 1. The summed E-state index contributed by atoms with van der Waals surface area (Å²) in [5.41, 5.74) is 0.923. The quantitative estimate of drug-likeness (QED) is 0.928. The van der Waals surface area contributed by atoms with Gasteiger partial charge in [-0.1, -0.05) is 12.1 Å². The predicted octanol–water partition coefficient (Wildman–Crippen LogP) is 1.95. The van der Waals surface area contributed by atoms with Gasteiger partial charge in [0.2, 0.25) is 0 Å². The van der Waals surface area contributed by atoms with Gasteiger partial charge < -0.3 is 9.63 Å². The molecule has 1 fully saturated rings. The maximum atomic E-state index is 11.1. The van der Waals surface area contributed by atoms with Crippen molar-refractivity contribution in [3.05, 3.63) is 22.7 Å². The van der Waals surface area contributed by atoms with E-state index in [1.165, 1.54) is 0 Å². The number of carboxylic acid groups (broad SMARTS) is 1. The van der Waals surface area contributed by atoms with E-state index < -0.39 is 5.97 Å². The Labute approximate surface area is 120 Å². The maximum Gasteiger partial charge on any atom is 0.308 e. The second-order valence-electron chi connectivity index (χ2n) is 5.14. The van der Waals surface area contributed by atoms with Gasteiger partial charge in [0.1, 0.15) is 0 Å². The molecule has 0 amide bonds. The SMILES string of the molecule is CC1CN(Cc2noc(-c3ccsc3)n2)CC1C(=O)O. The monoisotopic (exact) mass is 293 g/mol. The van der Waals surface area contributed by atoms with E-state index >= 15 is 0 Å². The van der Waals surface area contributed by atoms with E-state index in [-0.39, 0.29) is 11.8 Å². The Morgan fingerprint density at radius 3 is 3.10 bits per heavy atom. The molecule has 0 bridgehead atoms. The molecule has 0 aliphatic carbocycles. The highest BCUT2D eigenvalue weighted by molar-refractivity contribution is 7.08. The minimum atomic E-state index is -0.730. The van der Waals surface area contributed by atoms with E-state index in [9.17, 15) is 4.79 Å². The highest BCUT2D eigenvalue weighted by Gasteiger charge is 2.35. The molecule has 0 saturated carbocycles. The van der Waals surface area contributed by atoms with Crippen LogP contribution >= 0.6 is 11.3 Å². The summed E-state index contributed by atoms with van der Waals surface area (Å²) >= 11 is 1.58. The topological polar surface area (TPSA) is 79.5 Å². The van der Waals surface area contributed by atoms with E-state index in [2.05, 4.69) is 15.0 Å². The van der Waals surface area contributed by atoms with Crippen molar-refractivity contribution in [1.29, 1.82) is 0 Å². The number of likely N-dealkylation sites (tertiary alicyclic amines) is 1. The fourth-order valence-corrected chi connectivity index (χ4v) is 3.17. The lowest BCUT2D eigenvalue weighted by molar-refractivity contribution is -0.142. The molecule has 1 aliphatic rings. The predicted molar refractivity (Wildman–Crippen MR) is 73.2 cm³/mol. The zero-order chi connectivity index (χ0) is 14.1. The van der Waals surface area contributed by atoms with Gasteiger partial charge in [0, 0.05) is 18.5 Å². The van der Waals surface area contributed by atoms with Crippen molar-refractivity contribution in [3.63, 3.8) is 0 Å². The highest BCUT2D eigenvalue weighted by Crippen LogP contribution is 2.25. The Morgan fingerprint density at radius 1 is 1.60 bits per heavy atom. The van der Waals surface area contributed by atoms with E-state index in [0.29, 0.717) is 24.8 Å². The largest absolute Gasteiger partial charge is 0.481 e. The first-order chi connectivity index (χ1) is 9.63. The highest BCUT2D eigenvalue weighted by atomic mass is 32.1. The lowest BCUT2D eigenvalue weighted by atomic mass is 9.99. The number of aromatic nitrogens is 2. The molecular weight excluding hydrogens is 278 g/mol. The van der Waals surface area contributed by atoms with Crippen molar-refractivity contribution in [2.45, 2.75) is 13.5 Å². The van der Waals surface area contributed by atoms with Crippen molar-refractivity contribution in [3.8, 4) is 11.5 Å². The molecule has 106 valence electrons. The molecule has 1 saturated heterocycles. The van der Waals surface area contributed by atoms with E-state index in [1.54, 1.807) is 11.3 Å². The molecule has 0 aromatic carbocycles. The van der Waals surface area contributed by atoms with Gasteiger partial charge in [0.15, 0.2) is 5.82 Å². The third-order valence-electron chi connectivity index (χ3n) is 3.61. The molecule has 7 heteroatoms. The van der Waals surface area contributed by atoms with Crippen molar-refractivity contribution >= 4 is 17.3 Å². The standard InChI is InChI=1S/C13H15N3O3S/c1-8-4-16(5-10(8)13(17)18)6-11-14-12(19-15-11)9-2-3-20-7-9/h2-3,7-8,10H,4-6H2,1H3,(H,17,18). The molecule has 2 aromatic rings. The Balaban J connectivity index is 1.66. The van der Waals surface area contributed by atoms with Crippen LogP contribution in [0.1, 0.15) is 12.7 Å². The van der Waals surface area contributed by atoms with E-state index in [4.69, 9.17) is 9.63 Å². The molecule has 2 aromatic heterocycles. The van der Waals surface area contributed by atoms with E-state index in [1.807, 2.05) is 23.8 Å². The average molecular weight is 293 g/mol. The molecule has 1 N–H and O–H groups in total. The van der Waals surface area contributed by atoms with Gasteiger partial charge in [-0.2, -0.15) is 16.3 Å². The first kappa shape index (κ1) is 13.3. The van der Waals surface area contributed by atoms with Crippen LogP contribution < -0.4 is 0 Å². The van der Waals surface area contributed by atoms with Crippen LogP contribution in [0.5, 0.6) is 0 Å². The molecule has 6 nitrogen and oxygen atoms in total. The van der Waals surface area contributed by atoms with Gasteiger partial charge >= 0.3 is 5.97 Å². The molecule has 3 heterocycles. The summed E-state index contributed by atoms with van der Waals surface area (Å²) in [5.74, 6) is 0.230. The number of thiophene rings is 1. The second kappa shape index (κ2) is 5.34. The van der Waals surface area contributed by atoms with Gasteiger partial charge in [-0.3, -0.25) is 9.69 Å². The van der Waals surface area contributed by atoms with Crippen LogP contribution in [0.2, 0.25) is 0 Å². The summed E-state index contributed by atoms with van der Waals surface area (Å²) in [6, 6.07) is 1.93. The summed E-state index contributed by atoms with van der Waals surface area (Å²) in [6.45, 7) is 3.78. The summed E-state index contributed by atoms with van der Waals surface area (Å²) in [6.07, 6.45) is 0. The van der Waals surface area contributed by atoms with Crippen molar-refractivity contribution in [2.24, 2.45) is 11.8 Å². The average Bonchev–Trinajstić information content (AvgIpc) is 3.09. The van der Waals surface area contributed by atoms with Crippen molar-refractivity contribution in [1.82, 2.24) is 15.0 Å². The molecule has 0 spiro atoms. The lowest BCUT2D eigenvalue weighted by Gasteiger charge is -2.11. The number of aliphatic carboxylic acids is 1. The zero-order valence-corrected chi connectivity index (χ0v) is 11.8. The molecule has 20 heavy (non-hydrogen) atoms. The number of nitrogens with zero attached hydrogens (tertiary/aromatic N) is 3. The fourth-order valence-electron chi connectivity index (χ4n) is 2.54. The minimum absolute atomic E-state index is 0.149. The molecular formula is C13H15N3O3S. The van der Waals surface area contributed by atoms with Crippen LogP contribution in [0.4, 0.5) is 0 Å². The number of carboxylic acids is 1. The fraction of sp³-hybridized carbons (Fsp3) is 0.462. The molecule has 2 unspecified atom stereocenters. The lowest BCUT2D eigenvalue weighted by Crippen LogP contribution is -2.23.